The molecule has 0 aliphatic carbocycles. The van der Waals surface area contributed by atoms with Crippen molar-refractivity contribution in [3.63, 3.8) is 0 Å². The molecule has 1 aromatic carbocycles. The summed E-state index contributed by atoms with van der Waals surface area (Å²) in [6.07, 6.45) is 8.51. The Labute approximate surface area is 145 Å². The van der Waals surface area contributed by atoms with Gasteiger partial charge in [0.15, 0.2) is 0 Å². The van der Waals surface area contributed by atoms with Gasteiger partial charge in [-0.15, -0.1) is 0 Å². The van der Waals surface area contributed by atoms with Crippen molar-refractivity contribution < 1.29 is 4.79 Å². The molecule has 1 aliphatic heterocycles. The van der Waals surface area contributed by atoms with Crippen molar-refractivity contribution in [1.82, 2.24) is 24.3 Å². The van der Waals surface area contributed by atoms with E-state index in [9.17, 15) is 4.79 Å². The molecule has 0 fully saturated rings. The van der Waals surface area contributed by atoms with Gasteiger partial charge >= 0.3 is 0 Å². The topological polar surface area (TPSA) is 77.6 Å². The summed E-state index contributed by atoms with van der Waals surface area (Å²) >= 11 is 0. The van der Waals surface area contributed by atoms with Crippen LogP contribution in [0.3, 0.4) is 0 Å². The van der Waals surface area contributed by atoms with Crippen LogP contribution in [-0.2, 0) is 17.8 Å². The fourth-order valence-electron chi connectivity index (χ4n) is 3.09. The first kappa shape index (κ1) is 15.6. The summed E-state index contributed by atoms with van der Waals surface area (Å²) < 4.78 is 3.76. The van der Waals surface area contributed by atoms with E-state index < -0.39 is 6.04 Å². The third kappa shape index (κ3) is 3.17. The van der Waals surface area contributed by atoms with E-state index in [2.05, 4.69) is 26.2 Å². The molecule has 25 heavy (non-hydrogen) atoms. The molecule has 4 rings (SSSR count). The van der Waals surface area contributed by atoms with E-state index in [1.165, 1.54) is 30.2 Å². The Morgan fingerprint density at radius 3 is 3.04 bits per heavy atom. The summed E-state index contributed by atoms with van der Waals surface area (Å²) in [4.78, 5) is 21.0. The second-order valence-corrected chi connectivity index (χ2v) is 6.31. The minimum atomic E-state index is -0.425. The lowest BCUT2D eigenvalue weighted by molar-refractivity contribution is -0.119. The molecule has 3 aromatic rings. The van der Waals surface area contributed by atoms with Gasteiger partial charge in [0.2, 0.25) is 5.91 Å². The van der Waals surface area contributed by atoms with Gasteiger partial charge in [0.05, 0.1) is 5.69 Å². The molecule has 128 valence electrons. The molecule has 1 N–H and O–H groups in total. The van der Waals surface area contributed by atoms with E-state index in [0.717, 1.165) is 35.7 Å². The zero-order chi connectivity index (χ0) is 17.2. The van der Waals surface area contributed by atoms with Crippen molar-refractivity contribution in [1.29, 1.82) is 0 Å². The Hall–Kier alpha value is -2.96. The van der Waals surface area contributed by atoms with Gasteiger partial charge in [-0.2, -0.15) is 5.10 Å². The van der Waals surface area contributed by atoms with E-state index in [1.54, 1.807) is 6.92 Å². The minimum absolute atomic E-state index is 0.133. The van der Waals surface area contributed by atoms with Crippen molar-refractivity contribution in [3.8, 4) is 11.3 Å². The number of hydrogen-bond acceptors (Lipinski definition) is 4. The summed E-state index contributed by atoms with van der Waals surface area (Å²) in [6.45, 7) is 2.82. The molecule has 0 bridgehead atoms. The largest absolute Gasteiger partial charge is 0.334 e. The highest BCUT2D eigenvalue weighted by atomic mass is 16.2. The zero-order valence-electron chi connectivity index (χ0n) is 14.1. The van der Waals surface area contributed by atoms with Crippen molar-refractivity contribution in [2.75, 3.05) is 5.32 Å². The number of hydrogen-bond donors (Lipinski definition) is 1. The summed E-state index contributed by atoms with van der Waals surface area (Å²) in [7, 11) is 0. The van der Waals surface area contributed by atoms with Crippen LogP contribution in [0.4, 0.5) is 5.69 Å². The molecule has 0 unspecified atom stereocenters. The predicted octanol–water partition coefficient (Wildman–Crippen LogP) is 2.68. The van der Waals surface area contributed by atoms with E-state index in [-0.39, 0.29) is 5.91 Å². The third-order valence-electron chi connectivity index (χ3n) is 4.55. The molecule has 1 atom stereocenters. The molecule has 0 saturated carbocycles. The second-order valence-electron chi connectivity index (χ2n) is 6.31. The molecule has 0 spiro atoms. The number of nitrogens with zero attached hydrogens (tertiary/aromatic N) is 5. The van der Waals surface area contributed by atoms with Gasteiger partial charge in [-0.05, 0) is 31.9 Å². The first-order chi connectivity index (χ1) is 12.2. The minimum Gasteiger partial charge on any atom is -0.334 e. The summed E-state index contributed by atoms with van der Waals surface area (Å²) in [5.41, 5.74) is 2.71. The highest BCUT2D eigenvalue weighted by Crippen LogP contribution is 2.25. The Morgan fingerprint density at radius 1 is 1.32 bits per heavy atom. The zero-order valence-corrected chi connectivity index (χ0v) is 14.1. The number of benzene rings is 1. The molecule has 0 saturated heterocycles. The van der Waals surface area contributed by atoms with Crippen LogP contribution in [0.15, 0.2) is 43.1 Å². The smallest absolute Gasteiger partial charge is 0.249 e. The summed E-state index contributed by atoms with van der Waals surface area (Å²) in [5, 5.41) is 6.95. The fraction of sp³-hybridized carbons (Fsp3) is 0.333. The van der Waals surface area contributed by atoms with Crippen LogP contribution in [0.2, 0.25) is 0 Å². The third-order valence-corrected chi connectivity index (χ3v) is 4.55. The van der Waals surface area contributed by atoms with Gasteiger partial charge in [0, 0.05) is 30.4 Å². The lowest BCUT2D eigenvalue weighted by Gasteiger charge is -2.12. The average Bonchev–Trinajstić information content (AvgIpc) is 3.30. The molecule has 7 heteroatoms. The monoisotopic (exact) mass is 336 g/mol. The Kier molecular flexibility index (Phi) is 4.05. The molecular formula is C18H20N6O. The van der Waals surface area contributed by atoms with E-state index in [0.29, 0.717) is 0 Å². The van der Waals surface area contributed by atoms with Crippen molar-refractivity contribution >= 4 is 11.6 Å². The van der Waals surface area contributed by atoms with Crippen LogP contribution in [-0.4, -0.2) is 30.2 Å². The SMILES string of the molecule is C[C@H](C(=O)Nc1cccc(-c2cn3c(n2)CCCC3)c1)n1cncn1. The summed E-state index contributed by atoms with van der Waals surface area (Å²) in [6, 6.07) is 7.37. The van der Waals surface area contributed by atoms with Gasteiger partial charge in [-0.3, -0.25) is 4.79 Å². The van der Waals surface area contributed by atoms with Gasteiger partial charge in [0.1, 0.15) is 24.5 Å². The average molecular weight is 336 g/mol. The molecule has 1 aliphatic rings. The van der Waals surface area contributed by atoms with E-state index >= 15 is 0 Å². The van der Waals surface area contributed by atoms with Crippen LogP contribution in [0.5, 0.6) is 0 Å². The molecule has 3 heterocycles. The maximum Gasteiger partial charge on any atom is 0.249 e. The summed E-state index contributed by atoms with van der Waals surface area (Å²) in [5.74, 6) is 1.02. The molecule has 1 amide bonds. The number of anilines is 1. The van der Waals surface area contributed by atoms with Crippen LogP contribution >= 0.6 is 0 Å². The van der Waals surface area contributed by atoms with E-state index in [4.69, 9.17) is 4.98 Å². The van der Waals surface area contributed by atoms with Crippen LogP contribution in [0, 0.1) is 0 Å². The normalized spacial score (nSPS) is 14.8. The maximum atomic E-state index is 12.4. The van der Waals surface area contributed by atoms with Crippen molar-refractivity contribution in [2.24, 2.45) is 0 Å². The fourth-order valence-corrected chi connectivity index (χ4v) is 3.09. The lowest BCUT2D eigenvalue weighted by atomic mass is 10.1. The second kappa shape index (κ2) is 6.51. The number of amides is 1. The highest BCUT2D eigenvalue weighted by Gasteiger charge is 2.17. The predicted molar refractivity (Wildman–Crippen MR) is 94.0 cm³/mol. The number of rotatable bonds is 4. The van der Waals surface area contributed by atoms with E-state index in [1.807, 2.05) is 24.3 Å². The highest BCUT2D eigenvalue weighted by molar-refractivity contribution is 5.93. The lowest BCUT2D eigenvalue weighted by Crippen LogP contribution is -2.24. The molecule has 7 nitrogen and oxygen atoms in total. The van der Waals surface area contributed by atoms with Crippen LogP contribution in [0.1, 0.15) is 31.6 Å². The van der Waals surface area contributed by atoms with Crippen molar-refractivity contribution in [3.05, 3.63) is 48.9 Å². The quantitative estimate of drug-likeness (QED) is 0.794. The van der Waals surface area contributed by atoms with Crippen LogP contribution in [0.25, 0.3) is 11.3 Å². The molecule has 0 radical (unpaired) electrons. The number of fused-ring (bicyclic) bond motifs is 1. The molecular weight excluding hydrogens is 316 g/mol. The Balaban J connectivity index is 1.53. The maximum absolute atomic E-state index is 12.4. The Morgan fingerprint density at radius 2 is 2.24 bits per heavy atom. The first-order valence-corrected chi connectivity index (χ1v) is 8.52. The van der Waals surface area contributed by atoms with Crippen LogP contribution < -0.4 is 5.32 Å². The first-order valence-electron chi connectivity index (χ1n) is 8.52. The van der Waals surface area contributed by atoms with Gasteiger partial charge < -0.3 is 9.88 Å². The number of aromatic nitrogens is 5. The number of aryl methyl sites for hydroxylation is 2. The molecule has 2 aromatic heterocycles. The number of nitrogens with one attached hydrogen (secondary N) is 1. The number of carbonyl (C=O) groups is 1. The van der Waals surface area contributed by atoms with Gasteiger partial charge in [-0.25, -0.2) is 14.6 Å². The Bertz CT molecular complexity index is 859. The van der Waals surface area contributed by atoms with Crippen molar-refractivity contribution in [2.45, 2.75) is 38.8 Å². The van der Waals surface area contributed by atoms with Gasteiger partial charge in [0.25, 0.3) is 0 Å². The number of carbonyl (C=O) groups excluding carboxylic acids is 1. The van der Waals surface area contributed by atoms with Gasteiger partial charge in [-0.1, -0.05) is 12.1 Å². The number of imidazole rings is 1. The standard InChI is InChI=1S/C18H20N6O/c1-13(24-12-19-11-20-24)18(25)21-15-6-4-5-14(9-15)16-10-23-8-3-2-7-17(23)22-16/h4-6,9-13H,2-3,7-8H2,1H3,(H,21,25)/t13-/m1/s1.